The van der Waals surface area contributed by atoms with Crippen LogP contribution in [0.25, 0.3) is 0 Å². The molecule has 0 unspecified atom stereocenters. The fraction of sp³-hybridized carbons (Fsp3) is 0.972. The molecule has 0 aromatic carbocycles. The second-order valence-corrected chi connectivity index (χ2v) is 13.1. The van der Waals surface area contributed by atoms with Gasteiger partial charge in [0.25, 0.3) is 0 Å². The third-order valence-corrected chi connectivity index (χ3v) is 8.55. The standard InChI is InChI=1S/C36H73NO3/c1-4-5-6-7-8-9-10-11-12-13-14-15-19-22-25-28-31-36(40)37-34(32-38)35(39)30-27-24-21-18-16-17-20-23-26-29-33(2)3/h33-35,38-39H,4-32H2,1-3H3,(H,37,40)/t34-,35+/m0/s1. The molecule has 2 atom stereocenters. The van der Waals surface area contributed by atoms with Crippen LogP contribution in [0.5, 0.6) is 0 Å². The number of carbonyl (C=O) groups is 1. The number of nitrogens with one attached hydrogen (secondary N) is 1. The van der Waals surface area contributed by atoms with Gasteiger partial charge < -0.3 is 15.5 Å². The van der Waals surface area contributed by atoms with Crippen molar-refractivity contribution in [1.82, 2.24) is 5.32 Å². The number of hydrogen-bond donors (Lipinski definition) is 3. The molecule has 0 aliphatic heterocycles. The number of aliphatic hydroxyl groups excluding tert-OH is 2. The zero-order valence-electron chi connectivity index (χ0n) is 27.5. The highest BCUT2D eigenvalue weighted by Gasteiger charge is 2.19. The summed E-state index contributed by atoms with van der Waals surface area (Å²) in [4.78, 5) is 12.3. The minimum absolute atomic E-state index is 0.0307. The fourth-order valence-electron chi connectivity index (χ4n) is 5.72. The van der Waals surface area contributed by atoms with Gasteiger partial charge in [-0.3, -0.25) is 4.79 Å². The van der Waals surface area contributed by atoms with E-state index in [0.717, 1.165) is 31.6 Å². The summed E-state index contributed by atoms with van der Waals surface area (Å²) < 4.78 is 0. The van der Waals surface area contributed by atoms with Crippen LogP contribution in [0, 0.1) is 5.92 Å². The summed E-state index contributed by atoms with van der Waals surface area (Å²) in [6, 6.07) is -0.528. The van der Waals surface area contributed by atoms with Crippen LogP contribution < -0.4 is 5.32 Å². The van der Waals surface area contributed by atoms with E-state index in [1.165, 1.54) is 141 Å². The van der Waals surface area contributed by atoms with Gasteiger partial charge in [-0.25, -0.2) is 0 Å². The topological polar surface area (TPSA) is 69.6 Å². The summed E-state index contributed by atoms with van der Waals surface area (Å²) >= 11 is 0. The second kappa shape index (κ2) is 31.3. The van der Waals surface area contributed by atoms with Crippen LogP contribution in [0.15, 0.2) is 0 Å². The van der Waals surface area contributed by atoms with Crippen molar-refractivity contribution in [3.8, 4) is 0 Å². The number of aliphatic hydroxyl groups is 2. The Labute approximate surface area is 251 Å². The van der Waals surface area contributed by atoms with E-state index in [1.807, 2.05) is 0 Å². The van der Waals surface area contributed by atoms with Gasteiger partial charge in [0.1, 0.15) is 0 Å². The molecule has 4 nitrogen and oxygen atoms in total. The van der Waals surface area contributed by atoms with E-state index < -0.39 is 12.1 Å². The molecule has 0 aromatic rings. The van der Waals surface area contributed by atoms with Crippen molar-refractivity contribution in [1.29, 1.82) is 0 Å². The Morgan fingerprint density at radius 2 is 0.900 bits per heavy atom. The Morgan fingerprint density at radius 3 is 1.27 bits per heavy atom. The van der Waals surface area contributed by atoms with Crippen molar-refractivity contribution in [2.45, 2.75) is 213 Å². The highest BCUT2D eigenvalue weighted by molar-refractivity contribution is 5.76. The molecule has 4 heteroatoms. The molecular weight excluding hydrogens is 494 g/mol. The zero-order valence-corrected chi connectivity index (χ0v) is 27.5. The molecule has 1 amide bonds. The molecule has 240 valence electrons. The molecule has 40 heavy (non-hydrogen) atoms. The summed E-state index contributed by atoms with van der Waals surface area (Å²) in [6.07, 6.45) is 34.4. The van der Waals surface area contributed by atoms with E-state index in [-0.39, 0.29) is 12.5 Å². The lowest BCUT2D eigenvalue weighted by Crippen LogP contribution is -2.45. The van der Waals surface area contributed by atoms with Gasteiger partial charge in [0, 0.05) is 6.42 Å². The van der Waals surface area contributed by atoms with Gasteiger partial charge in [0.2, 0.25) is 5.91 Å². The Hall–Kier alpha value is -0.610. The minimum atomic E-state index is -0.652. The molecule has 0 saturated carbocycles. The molecule has 0 spiro atoms. The van der Waals surface area contributed by atoms with Crippen molar-refractivity contribution >= 4 is 5.91 Å². The van der Waals surface area contributed by atoms with Crippen molar-refractivity contribution in [2.24, 2.45) is 5.92 Å². The number of amides is 1. The lowest BCUT2D eigenvalue weighted by molar-refractivity contribution is -0.123. The van der Waals surface area contributed by atoms with E-state index in [0.29, 0.717) is 12.8 Å². The predicted molar refractivity (Wildman–Crippen MR) is 175 cm³/mol. The molecule has 0 bridgehead atoms. The molecule has 0 heterocycles. The first-order chi connectivity index (χ1) is 19.5. The van der Waals surface area contributed by atoms with Gasteiger partial charge in [0.05, 0.1) is 18.8 Å². The minimum Gasteiger partial charge on any atom is -0.394 e. The SMILES string of the molecule is CCCCCCCCCCCCCCCCCCC(=O)N[C@@H](CO)[C@H](O)CCCCCCCCCCCC(C)C. The maximum atomic E-state index is 12.3. The molecule has 0 aromatic heterocycles. The predicted octanol–water partition coefficient (Wildman–Crippen LogP) is 10.4. The van der Waals surface area contributed by atoms with Gasteiger partial charge in [-0.15, -0.1) is 0 Å². The summed E-state index contributed by atoms with van der Waals surface area (Å²) in [5, 5.41) is 23.0. The Bertz CT molecular complexity index is 510. The van der Waals surface area contributed by atoms with Gasteiger partial charge >= 0.3 is 0 Å². The van der Waals surface area contributed by atoms with Crippen LogP contribution in [0.4, 0.5) is 0 Å². The maximum Gasteiger partial charge on any atom is 0.220 e. The fourth-order valence-corrected chi connectivity index (χ4v) is 5.72. The molecule has 0 radical (unpaired) electrons. The summed E-state index contributed by atoms with van der Waals surface area (Å²) in [6.45, 7) is 6.69. The van der Waals surface area contributed by atoms with Crippen LogP contribution >= 0.6 is 0 Å². The highest BCUT2D eigenvalue weighted by Crippen LogP contribution is 2.16. The summed E-state index contributed by atoms with van der Waals surface area (Å²) in [7, 11) is 0. The smallest absolute Gasteiger partial charge is 0.220 e. The van der Waals surface area contributed by atoms with E-state index in [9.17, 15) is 15.0 Å². The summed E-state index contributed by atoms with van der Waals surface area (Å²) in [5.41, 5.74) is 0. The molecule has 3 N–H and O–H groups in total. The van der Waals surface area contributed by atoms with Gasteiger partial charge in [-0.1, -0.05) is 181 Å². The monoisotopic (exact) mass is 568 g/mol. The van der Waals surface area contributed by atoms with Crippen molar-refractivity contribution in [3.63, 3.8) is 0 Å². The molecule has 0 fully saturated rings. The number of unbranched alkanes of at least 4 members (excludes halogenated alkanes) is 23. The van der Waals surface area contributed by atoms with Crippen molar-refractivity contribution in [3.05, 3.63) is 0 Å². The van der Waals surface area contributed by atoms with Gasteiger partial charge in [-0.05, 0) is 18.8 Å². The number of hydrogen-bond acceptors (Lipinski definition) is 3. The number of rotatable bonds is 32. The molecule has 0 rings (SSSR count). The quantitative estimate of drug-likeness (QED) is 0.0708. The molecule has 0 aliphatic rings. The third kappa shape index (κ3) is 28.9. The first-order valence-corrected chi connectivity index (χ1v) is 18.1. The lowest BCUT2D eigenvalue weighted by atomic mass is 10.0. The first kappa shape index (κ1) is 39.4. The van der Waals surface area contributed by atoms with E-state index in [4.69, 9.17) is 0 Å². The largest absolute Gasteiger partial charge is 0.394 e. The first-order valence-electron chi connectivity index (χ1n) is 18.1. The third-order valence-electron chi connectivity index (χ3n) is 8.55. The zero-order chi connectivity index (χ0) is 29.5. The Morgan fingerprint density at radius 1 is 0.550 bits per heavy atom. The number of carbonyl (C=O) groups excluding carboxylic acids is 1. The average molecular weight is 568 g/mol. The van der Waals surface area contributed by atoms with E-state index >= 15 is 0 Å². The summed E-state index contributed by atoms with van der Waals surface area (Å²) in [5.74, 6) is 0.801. The maximum absolute atomic E-state index is 12.3. The van der Waals surface area contributed by atoms with Crippen LogP contribution in [0.1, 0.15) is 201 Å². The van der Waals surface area contributed by atoms with Gasteiger partial charge in [-0.2, -0.15) is 0 Å². The average Bonchev–Trinajstić information content (AvgIpc) is 2.94. The van der Waals surface area contributed by atoms with Crippen LogP contribution in [0.2, 0.25) is 0 Å². The van der Waals surface area contributed by atoms with Crippen LogP contribution in [-0.4, -0.2) is 34.9 Å². The van der Waals surface area contributed by atoms with E-state index in [1.54, 1.807) is 0 Å². The Balaban J connectivity index is 3.53. The van der Waals surface area contributed by atoms with Crippen LogP contribution in [-0.2, 0) is 4.79 Å². The Kier molecular flexibility index (Phi) is 30.9. The molecule has 0 aliphatic carbocycles. The normalized spacial score (nSPS) is 13.2. The highest BCUT2D eigenvalue weighted by atomic mass is 16.3. The lowest BCUT2D eigenvalue weighted by Gasteiger charge is -2.22. The molecule has 0 saturated heterocycles. The van der Waals surface area contributed by atoms with Crippen LogP contribution in [0.3, 0.4) is 0 Å². The van der Waals surface area contributed by atoms with Gasteiger partial charge in [0.15, 0.2) is 0 Å². The second-order valence-electron chi connectivity index (χ2n) is 13.1. The van der Waals surface area contributed by atoms with Crippen molar-refractivity contribution in [2.75, 3.05) is 6.61 Å². The van der Waals surface area contributed by atoms with Crippen molar-refractivity contribution < 1.29 is 15.0 Å². The molecular formula is C36H73NO3. The van der Waals surface area contributed by atoms with E-state index in [2.05, 4.69) is 26.1 Å².